The van der Waals surface area contributed by atoms with Gasteiger partial charge in [0.2, 0.25) is 5.56 Å². The molecule has 2 aliphatic heterocycles. The zero-order valence-corrected chi connectivity index (χ0v) is 14.4. The second-order valence-electron chi connectivity index (χ2n) is 7.46. The molecule has 126 valence electrons. The first-order valence-corrected chi connectivity index (χ1v) is 8.40. The first-order chi connectivity index (χ1) is 11.3. The maximum absolute atomic E-state index is 12.9. The number of ketones is 1. The highest BCUT2D eigenvalue weighted by molar-refractivity contribution is 6.13. The van der Waals surface area contributed by atoms with Gasteiger partial charge >= 0.3 is 0 Å². The summed E-state index contributed by atoms with van der Waals surface area (Å²) in [4.78, 5) is 27.6. The van der Waals surface area contributed by atoms with Gasteiger partial charge in [0, 0.05) is 17.0 Å². The van der Waals surface area contributed by atoms with Crippen molar-refractivity contribution in [2.75, 3.05) is 0 Å². The van der Waals surface area contributed by atoms with Gasteiger partial charge in [-0.25, -0.2) is 0 Å². The molecule has 4 rings (SSSR count). The van der Waals surface area contributed by atoms with Crippen LogP contribution < -0.4 is 15.0 Å². The molecule has 24 heavy (non-hydrogen) atoms. The highest BCUT2D eigenvalue weighted by Gasteiger charge is 2.39. The number of aromatic nitrogens is 1. The lowest BCUT2D eigenvalue weighted by molar-refractivity contribution is 0.0693. The SMILES string of the molecule is C[C@@H]1C(=O)c2c(c3c(c4ccc(=O)[nH]c24)OC(C)(C)CC3)O[C@@H]1C. The number of carbonyl (C=O) groups is 1. The minimum Gasteiger partial charge on any atom is -0.489 e. The van der Waals surface area contributed by atoms with E-state index in [0.29, 0.717) is 16.8 Å². The van der Waals surface area contributed by atoms with Crippen LogP contribution in [0.3, 0.4) is 0 Å². The molecule has 2 aliphatic rings. The van der Waals surface area contributed by atoms with Crippen LogP contribution in [0.4, 0.5) is 0 Å². The van der Waals surface area contributed by atoms with E-state index in [2.05, 4.69) is 4.98 Å². The van der Waals surface area contributed by atoms with E-state index in [0.717, 1.165) is 29.5 Å². The van der Waals surface area contributed by atoms with Gasteiger partial charge in [-0.15, -0.1) is 0 Å². The predicted molar refractivity (Wildman–Crippen MR) is 91.2 cm³/mol. The summed E-state index contributed by atoms with van der Waals surface area (Å²) >= 11 is 0. The van der Waals surface area contributed by atoms with E-state index >= 15 is 0 Å². The van der Waals surface area contributed by atoms with Crippen LogP contribution in [-0.2, 0) is 6.42 Å². The molecule has 2 atom stereocenters. The molecule has 1 aromatic heterocycles. The molecule has 0 fully saturated rings. The van der Waals surface area contributed by atoms with Crippen molar-refractivity contribution in [1.82, 2.24) is 4.98 Å². The van der Waals surface area contributed by atoms with Crippen molar-refractivity contribution >= 4 is 16.7 Å². The molecule has 3 heterocycles. The molecule has 0 spiro atoms. The van der Waals surface area contributed by atoms with Gasteiger partial charge in [0.1, 0.15) is 23.2 Å². The molecular weight excluding hydrogens is 306 g/mol. The first kappa shape index (κ1) is 15.2. The van der Waals surface area contributed by atoms with Crippen molar-refractivity contribution in [3.05, 3.63) is 33.6 Å². The Morgan fingerprint density at radius 3 is 2.67 bits per heavy atom. The highest BCUT2D eigenvalue weighted by Crippen LogP contribution is 2.48. The summed E-state index contributed by atoms with van der Waals surface area (Å²) in [7, 11) is 0. The average Bonchev–Trinajstić information content (AvgIpc) is 2.51. The number of carbonyl (C=O) groups excluding carboxylic acids is 1. The third-order valence-electron chi connectivity index (χ3n) is 5.21. The Labute approximate surface area is 140 Å². The molecule has 1 aromatic carbocycles. The number of hydrogen-bond donors (Lipinski definition) is 1. The first-order valence-electron chi connectivity index (χ1n) is 8.40. The van der Waals surface area contributed by atoms with Crippen molar-refractivity contribution in [3.63, 3.8) is 0 Å². The van der Waals surface area contributed by atoms with E-state index in [1.165, 1.54) is 6.07 Å². The van der Waals surface area contributed by atoms with Crippen molar-refractivity contribution in [2.45, 2.75) is 52.2 Å². The van der Waals surface area contributed by atoms with Crippen molar-refractivity contribution in [1.29, 1.82) is 0 Å². The van der Waals surface area contributed by atoms with Crippen LogP contribution in [0.2, 0.25) is 0 Å². The summed E-state index contributed by atoms with van der Waals surface area (Å²) in [6.07, 6.45) is 1.44. The van der Waals surface area contributed by atoms with Gasteiger partial charge in [-0.2, -0.15) is 0 Å². The topological polar surface area (TPSA) is 68.4 Å². The number of fused-ring (bicyclic) bond motifs is 6. The maximum atomic E-state index is 12.9. The quantitative estimate of drug-likeness (QED) is 0.806. The minimum absolute atomic E-state index is 0.0169. The van der Waals surface area contributed by atoms with E-state index in [1.807, 2.05) is 27.7 Å². The lowest BCUT2D eigenvalue weighted by Crippen LogP contribution is -2.37. The Morgan fingerprint density at radius 2 is 1.92 bits per heavy atom. The number of hydrogen-bond acceptors (Lipinski definition) is 4. The molecule has 0 saturated carbocycles. The minimum atomic E-state index is -0.290. The number of benzene rings is 1. The lowest BCUT2D eigenvalue weighted by Gasteiger charge is -2.37. The van der Waals surface area contributed by atoms with Gasteiger partial charge in [-0.1, -0.05) is 6.92 Å². The van der Waals surface area contributed by atoms with Gasteiger partial charge in [0.25, 0.3) is 0 Å². The number of aromatic amines is 1. The Bertz CT molecular complexity index is 925. The molecule has 5 nitrogen and oxygen atoms in total. The molecule has 0 saturated heterocycles. The van der Waals surface area contributed by atoms with Crippen LogP contribution in [0.1, 0.15) is 50.0 Å². The monoisotopic (exact) mass is 327 g/mol. The molecule has 5 heteroatoms. The average molecular weight is 327 g/mol. The number of Topliss-reactive ketones (excluding diaryl/α,β-unsaturated/α-hetero) is 1. The summed E-state index contributed by atoms with van der Waals surface area (Å²) in [5.74, 6) is 1.09. The zero-order chi connectivity index (χ0) is 17.2. The Hall–Kier alpha value is -2.30. The largest absolute Gasteiger partial charge is 0.489 e. The van der Waals surface area contributed by atoms with E-state index in [1.54, 1.807) is 6.07 Å². The number of H-pyrrole nitrogens is 1. The summed E-state index contributed by atoms with van der Waals surface area (Å²) < 4.78 is 12.3. The van der Waals surface area contributed by atoms with Crippen LogP contribution in [-0.4, -0.2) is 22.5 Å². The zero-order valence-electron chi connectivity index (χ0n) is 14.4. The molecule has 0 aliphatic carbocycles. The standard InChI is InChI=1S/C19H21NO4/c1-9-10(2)23-18-12-7-8-19(3,4)24-17(12)11-5-6-13(21)20-15(11)14(18)16(9)22/h5-6,9-10H,7-8H2,1-4H3,(H,20,21)/t9-,10+/m0/s1. The number of rotatable bonds is 0. The Morgan fingerprint density at radius 1 is 1.17 bits per heavy atom. The van der Waals surface area contributed by atoms with E-state index in [9.17, 15) is 9.59 Å². The fourth-order valence-electron chi connectivity index (χ4n) is 3.58. The fourth-order valence-corrected chi connectivity index (χ4v) is 3.58. The van der Waals surface area contributed by atoms with Gasteiger partial charge in [0.05, 0.1) is 17.0 Å². The van der Waals surface area contributed by atoms with Crippen LogP contribution in [0.5, 0.6) is 11.5 Å². The summed E-state index contributed by atoms with van der Waals surface area (Å²) in [5.41, 5.74) is 1.44. The molecule has 0 unspecified atom stereocenters. The number of nitrogens with one attached hydrogen (secondary N) is 1. The van der Waals surface area contributed by atoms with Crippen molar-refractivity contribution < 1.29 is 14.3 Å². The summed E-state index contributed by atoms with van der Waals surface area (Å²) in [5, 5.41) is 0.773. The molecule has 2 aromatic rings. The Kier molecular flexibility index (Phi) is 3.08. The lowest BCUT2D eigenvalue weighted by atomic mass is 9.84. The third kappa shape index (κ3) is 2.07. The molecule has 1 N–H and O–H groups in total. The molecule has 0 bridgehead atoms. The van der Waals surface area contributed by atoms with E-state index < -0.39 is 0 Å². The Balaban J connectivity index is 2.12. The second kappa shape index (κ2) is 4.85. The maximum Gasteiger partial charge on any atom is 0.248 e. The predicted octanol–water partition coefficient (Wildman–Crippen LogP) is 3.23. The summed E-state index contributed by atoms with van der Waals surface area (Å²) in [6, 6.07) is 3.21. The molecule has 0 radical (unpaired) electrons. The molecule has 0 amide bonds. The van der Waals surface area contributed by atoms with E-state index in [-0.39, 0.29) is 29.0 Å². The van der Waals surface area contributed by atoms with Crippen LogP contribution in [0.15, 0.2) is 16.9 Å². The number of ether oxygens (including phenoxy) is 2. The smallest absolute Gasteiger partial charge is 0.248 e. The fraction of sp³-hybridized carbons (Fsp3) is 0.474. The van der Waals surface area contributed by atoms with Gasteiger partial charge < -0.3 is 14.5 Å². The summed E-state index contributed by atoms with van der Waals surface area (Å²) in [6.45, 7) is 7.86. The normalized spacial score (nSPS) is 24.8. The van der Waals surface area contributed by atoms with Crippen molar-refractivity contribution in [2.24, 2.45) is 5.92 Å². The van der Waals surface area contributed by atoms with Crippen LogP contribution in [0, 0.1) is 5.92 Å². The molecular formula is C19H21NO4. The van der Waals surface area contributed by atoms with Crippen LogP contribution in [0.25, 0.3) is 10.9 Å². The van der Waals surface area contributed by atoms with Crippen LogP contribution >= 0.6 is 0 Å². The van der Waals surface area contributed by atoms with Gasteiger partial charge in [-0.3, -0.25) is 9.59 Å². The third-order valence-corrected chi connectivity index (χ3v) is 5.21. The highest BCUT2D eigenvalue weighted by atomic mass is 16.5. The van der Waals surface area contributed by atoms with E-state index in [4.69, 9.17) is 9.47 Å². The number of pyridine rings is 1. The van der Waals surface area contributed by atoms with Crippen molar-refractivity contribution in [3.8, 4) is 11.5 Å². The van der Waals surface area contributed by atoms with Gasteiger partial charge in [-0.05, 0) is 39.7 Å². The van der Waals surface area contributed by atoms with Gasteiger partial charge in [0.15, 0.2) is 5.78 Å². The second-order valence-corrected chi connectivity index (χ2v) is 7.46.